The van der Waals surface area contributed by atoms with Gasteiger partial charge in [-0.25, -0.2) is 0 Å². The monoisotopic (exact) mass is 310 g/mol. The SMILES string of the molecule is CC(C)CC(NC(=O)C1CCNCC1)c1ccccc1.Cl. The van der Waals surface area contributed by atoms with Gasteiger partial charge in [-0.05, 0) is 43.8 Å². The van der Waals surface area contributed by atoms with Crippen LogP contribution in [0, 0.1) is 11.8 Å². The van der Waals surface area contributed by atoms with Crippen molar-refractivity contribution in [3.63, 3.8) is 0 Å². The van der Waals surface area contributed by atoms with E-state index in [1.54, 1.807) is 0 Å². The molecule has 1 saturated heterocycles. The second-order valence-corrected chi connectivity index (χ2v) is 6.13. The van der Waals surface area contributed by atoms with Gasteiger partial charge in [-0.3, -0.25) is 4.79 Å². The molecule has 21 heavy (non-hydrogen) atoms. The van der Waals surface area contributed by atoms with E-state index in [0.717, 1.165) is 32.4 Å². The summed E-state index contributed by atoms with van der Waals surface area (Å²) in [5.74, 6) is 0.962. The highest BCUT2D eigenvalue weighted by Gasteiger charge is 2.24. The van der Waals surface area contributed by atoms with E-state index in [9.17, 15) is 4.79 Å². The summed E-state index contributed by atoms with van der Waals surface area (Å²) in [7, 11) is 0. The number of hydrogen-bond donors (Lipinski definition) is 2. The molecule has 1 fully saturated rings. The Labute approximate surface area is 134 Å². The third kappa shape index (κ3) is 5.68. The topological polar surface area (TPSA) is 41.1 Å². The van der Waals surface area contributed by atoms with Gasteiger partial charge in [0.2, 0.25) is 5.91 Å². The van der Waals surface area contributed by atoms with E-state index in [-0.39, 0.29) is 30.3 Å². The Morgan fingerprint density at radius 1 is 1.24 bits per heavy atom. The Kier molecular flexibility index (Phi) is 7.76. The lowest BCUT2D eigenvalue weighted by Crippen LogP contribution is -2.40. The normalized spacial score (nSPS) is 17.1. The first-order chi connectivity index (χ1) is 9.66. The van der Waals surface area contributed by atoms with Crippen molar-refractivity contribution < 1.29 is 4.79 Å². The molecule has 118 valence electrons. The fourth-order valence-corrected chi connectivity index (χ4v) is 2.81. The number of nitrogens with one attached hydrogen (secondary N) is 2. The zero-order chi connectivity index (χ0) is 14.4. The highest BCUT2D eigenvalue weighted by molar-refractivity contribution is 5.85. The molecule has 4 heteroatoms. The van der Waals surface area contributed by atoms with Crippen LogP contribution < -0.4 is 10.6 Å². The fraction of sp³-hybridized carbons (Fsp3) is 0.588. The van der Waals surface area contributed by atoms with Crippen LogP contribution in [0.25, 0.3) is 0 Å². The van der Waals surface area contributed by atoms with Gasteiger partial charge in [0.05, 0.1) is 6.04 Å². The average molecular weight is 311 g/mol. The minimum atomic E-state index is 0. The predicted molar refractivity (Wildman–Crippen MR) is 89.6 cm³/mol. The van der Waals surface area contributed by atoms with Gasteiger partial charge in [-0.2, -0.15) is 0 Å². The van der Waals surface area contributed by atoms with Crippen molar-refractivity contribution in [3.05, 3.63) is 35.9 Å². The van der Waals surface area contributed by atoms with Crippen molar-refractivity contribution in [1.82, 2.24) is 10.6 Å². The number of hydrogen-bond acceptors (Lipinski definition) is 2. The van der Waals surface area contributed by atoms with Crippen LogP contribution in [0.15, 0.2) is 30.3 Å². The maximum absolute atomic E-state index is 12.4. The van der Waals surface area contributed by atoms with Gasteiger partial charge in [0, 0.05) is 5.92 Å². The summed E-state index contributed by atoms with van der Waals surface area (Å²) in [6.07, 6.45) is 2.89. The molecule has 0 spiro atoms. The molecular weight excluding hydrogens is 284 g/mol. The van der Waals surface area contributed by atoms with Crippen LogP contribution in [0.3, 0.4) is 0 Å². The zero-order valence-electron chi connectivity index (χ0n) is 13.0. The first kappa shape index (κ1) is 18.0. The van der Waals surface area contributed by atoms with Gasteiger partial charge < -0.3 is 10.6 Å². The van der Waals surface area contributed by atoms with Crippen LogP contribution in [0.1, 0.15) is 44.7 Å². The lowest BCUT2D eigenvalue weighted by Gasteiger charge is -2.26. The van der Waals surface area contributed by atoms with Gasteiger partial charge in [-0.1, -0.05) is 44.2 Å². The number of piperidine rings is 1. The summed E-state index contributed by atoms with van der Waals surface area (Å²) >= 11 is 0. The van der Waals surface area contributed by atoms with Gasteiger partial charge >= 0.3 is 0 Å². The molecule has 1 aliphatic heterocycles. The Bertz CT molecular complexity index is 416. The molecule has 2 N–H and O–H groups in total. The van der Waals surface area contributed by atoms with Crippen molar-refractivity contribution in [3.8, 4) is 0 Å². The number of benzene rings is 1. The molecule has 3 nitrogen and oxygen atoms in total. The third-order valence-electron chi connectivity index (χ3n) is 3.94. The van der Waals surface area contributed by atoms with Gasteiger partial charge in [0.1, 0.15) is 0 Å². The Morgan fingerprint density at radius 3 is 2.43 bits per heavy atom. The van der Waals surface area contributed by atoms with E-state index in [2.05, 4.69) is 36.6 Å². The smallest absolute Gasteiger partial charge is 0.223 e. The molecule has 1 heterocycles. The summed E-state index contributed by atoms with van der Waals surface area (Å²) in [6, 6.07) is 10.5. The summed E-state index contributed by atoms with van der Waals surface area (Å²) in [5.41, 5.74) is 1.21. The van der Waals surface area contributed by atoms with Gasteiger partial charge in [0.15, 0.2) is 0 Å². The van der Waals surface area contributed by atoms with E-state index < -0.39 is 0 Å². The Morgan fingerprint density at radius 2 is 1.86 bits per heavy atom. The standard InChI is InChI=1S/C17H26N2O.ClH/c1-13(2)12-16(14-6-4-3-5-7-14)19-17(20)15-8-10-18-11-9-15;/h3-7,13,15-16,18H,8-12H2,1-2H3,(H,19,20);1H. The van der Waals surface area contributed by atoms with E-state index in [4.69, 9.17) is 0 Å². The number of carbonyl (C=O) groups excluding carboxylic acids is 1. The summed E-state index contributed by atoms with van der Waals surface area (Å²) in [6.45, 7) is 6.32. The first-order valence-corrected chi connectivity index (χ1v) is 7.73. The van der Waals surface area contributed by atoms with E-state index in [1.165, 1.54) is 5.56 Å². The average Bonchev–Trinajstić information content (AvgIpc) is 2.48. The van der Waals surface area contributed by atoms with Crippen molar-refractivity contribution in [2.45, 2.75) is 39.2 Å². The number of carbonyl (C=O) groups is 1. The molecule has 0 aromatic heterocycles. The second kappa shape index (κ2) is 9.06. The van der Waals surface area contributed by atoms with E-state index in [1.807, 2.05) is 18.2 Å². The van der Waals surface area contributed by atoms with Crippen LogP contribution in [0.4, 0.5) is 0 Å². The van der Waals surface area contributed by atoms with Gasteiger partial charge in [-0.15, -0.1) is 12.4 Å². The van der Waals surface area contributed by atoms with Crippen LogP contribution >= 0.6 is 12.4 Å². The van der Waals surface area contributed by atoms with E-state index in [0.29, 0.717) is 5.92 Å². The number of halogens is 1. The third-order valence-corrected chi connectivity index (χ3v) is 3.94. The molecule has 0 bridgehead atoms. The molecule has 0 radical (unpaired) electrons. The molecule has 1 aromatic rings. The van der Waals surface area contributed by atoms with Crippen molar-refractivity contribution in [2.24, 2.45) is 11.8 Å². The van der Waals surface area contributed by atoms with Crippen molar-refractivity contribution >= 4 is 18.3 Å². The van der Waals surface area contributed by atoms with Crippen LogP contribution in [0.2, 0.25) is 0 Å². The molecule has 1 aliphatic rings. The second-order valence-electron chi connectivity index (χ2n) is 6.13. The summed E-state index contributed by atoms with van der Waals surface area (Å²) in [4.78, 5) is 12.4. The van der Waals surface area contributed by atoms with Crippen LogP contribution in [0.5, 0.6) is 0 Å². The van der Waals surface area contributed by atoms with Crippen molar-refractivity contribution in [2.75, 3.05) is 13.1 Å². The highest BCUT2D eigenvalue weighted by Crippen LogP contribution is 2.22. The Balaban J connectivity index is 0.00000220. The van der Waals surface area contributed by atoms with Crippen LogP contribution in [-0.2, 0) is 4.79 Å². The molecular formula is C17H27ClN2O. The molecule has 1 amide bonds. The number of amides is 1. The number of rotatable bonds is 5. The first-order valence-electron chi connectivity index (χ1n) is 7.73. The zero-order valence-corrected chi connectivity index (χ0v) is 13.8. The largest absolute Gasteiger partial charge is 0.349 e. The predicted octanol–water partition coefficient (Wildman–Crippen LogP) is 3.31. The molecule has 0 aliphatic carbocycles. The van der Waals surface area contributed by atoms with Crippen molar-refractivity contribution in [1.29, 1.82) is 0 Å². The quantitative estimate of drug-likeness (QED) is 0.876. The van der Waals surface area contributed by atoms with E-state index >= 15 is 0 Å². The molecule has 2 rings (SSSR count). The summed E-state index contributed by atoms with van der Waals surface area (Å²) < 4.78 is 0. The maximum atomic E-state index is 12.4. The van der Waals surface area contributed by atoms with Crippen LogP contribution in [-0.4, -0.2) is 19.0 Å². The highest BCUT2D eigenvalue weighted by atomic mass is 35.5. The lowest BCUT2D eigenvalue weighted by molar-refractivity contribution is -0.126. The molecule has 0 saturated carbocycles. The minimum Gasteiger partial charge on any atom is -0.349 e. The Hall–Kier alpha value is -1.06. The lowest BCUT2D eigenvalue weighted by atomic mass is 9.93. The summed E-state index contributed by atoms with van der Waals surface area (Å²) in [5, 5.41) is 6.57. The molecule has 1 atom stereocenters. The minimum absolute atomic E-state index is 0. The fourth-order valence-electron chi connectivity index (χ4n) is 2.81. The molecule has 1 unspecified atom stereocenters. The molecule has 1 aromatic carbocycles. The van der Waals surface area contributed by atoms with Gasteiger partial charge in [0.25, 0.3) is 0 Å². The maximum Gasteiger partial charge on any atom is 0.223 e.